The summed E-state index contributed by atoms with van der Waals surface area (Å²) in [5.41, 5.74) is 2.50. The molecule has 0 spiro atoms. The molecule has 0 amide bonds. The molecular weight excluding hydrogens is 340 g/mol. The molecule has 0 radical (unpaired) electrons. The SMILES string of the molecule is CCN1Cc2c(Sc3ccccc3)ncnc2N(C)C1c1ccccc1. The molecule has 4 nitrogen and oxygen atoms in total. The molecule has 5 heteroatoms. The third-order valence-corrected chi connectivity index (χ3v) is 5.81. The van der Waals surface area contributed by atoms with Gasteiger partial charge in [0, 0.05) is 24.1 Å². The monoisotopic (exact) mass is 362 g/mol. The van der Waals surface area contributed by atoms with Crippen LogP contribution in [0.5, 0.6) is 0 Å². The molecule has 132 valence electrons. The van der Waals surface area contributed by atoms with E-state index in [0.29, 0.717) is 0 Å². The number of hydrogen-bond acceptors (Lipinski definition) is 5. The summed E-state index contributed by atoms with van der Waals surface area (Å²) < 4.78 is 0. The largest absolute Gasteiger partial charge is 0.339 e. The van der Waals surface area contributed by atoms with Gasteiger partial charge in [-0.05, 0) is 24.2 Å². The summed E-state index contributed by atoms with van der Waals surface area (Å²) in [7, 11) is 2.13. The van der Waals surface area contributed by atoms with Crippen LogP contribution >= 0.6 is 11.8 Å². The average Bonchev–Trinajstić information content (AvgIpc) is 2.70. The number of benzene rings is 2. The van der Waals surface area contributed by atoms with Crippen molar-refractivity contribution in [2.75, 3.05) is 18.5 Å². The fourth-order valence-corrected chi connectivity index (χ4v) is 4.41. The van der Waals surface area contributed by atoms with E-state index in [2.05, 4.69) is 88.3 Å². The number of anilines is 1. The van der Waals surface area contributed by atoms with Crippen molar-refractivity contribution < 1.29 is 0 Å². The number of nitrogens with zero attached hydrogens (tertiary/aromatic N) is 4. The minimum atomic E-state index is 0.193. The third kappa shape index (κ3) is 3.20. The van der Waals surface area contributed by atoms with Crippen LogP contribution in [0.2, 0.25) is 0 Å². The smallest absolute Gasteiger partial charge is 0.138 e. The van der Waals surface area contributed by atoms with Crippen molar-refractivity contribution >= 4 is 17.6 Å². The van der Waals surface area contributed by atoms with E-state index in [1.54, 1.807) is 18.1 Å². The van der Waals surface area contributed by atoms with Crippen LogP contribution in [0.3, 0.4) is 0 Å². The fraction of sp³-hybridized carbons (Fsp3) is 0.238. The Morgan fingerprint density at radius 3 is 2.38 bits per heavy atom. The topological polar surface area (TPSA) is 32.3 Å². The second-order valence-electron chi connectivity index (χ2n) is 6.35. The van der Waals surface area contributed by atoms with Crippen LogP contribution in [0.15, 0.2) is 76.9 Å². The standard InChI is InChI=1S/C21H22N4S/c1-3-25-14-18-19(24(2)21(25)16-10-6-4-7-11-16)22-15-23-20(18)26-17-12-8-5-9-13-17/h4-13,15,21H,3,14H2,1-2H3. The number of rotatable bonds is 4. The first-order valence-corrected chi connectivity index (χ1v) is 9.68. The normalized spacial score (nSPS) is 17.2. The van der Waals surface area contributed by atoms with Crippen LogP contribution in [0.1, 0.15) is 24.2 Å². The molecule has 0 fully saturated rings. The Hall–Kier alpha value is -2.37. The molecule has 26 heavy (non-hydrogen) atoms. The zero-order valence-corrected chi connectivity index (χ0v) is 15.9. The van der Waals surface area contributed by atoms with Crippen LogP contribution in [0.4, 0.5) is 5.82 Å². The first kappa shape index (κ1) is 17.1. The minimum absolute atomic E-state index is 0.193. The van der Waals surface area contributed by atoms with Gasteiger partial charge in [0.25, 0.3) is 0 Å². The zero-order valence-electron chi connectivity index (χ0n) is 15.0. The predicted molar refractivity (Wildman–Crippen MR) is 106 cm³/mol. The first-order valence-electron chi connectivity index (χ1n) is 8.86. The molecule has 0 bridgehead atoms. The molecule has 0 N–H and O–H groups in total. The van der Waals surface area contributed by atoms with Crippen molar-refractivity contribution in [3.8, 4) is 0 Å². The van der Waals surface area contributed by atoms with E-state index in [-0.39, 0.29) is 6.17 Å². The van der Waals surface area contributed by atoms with E-state index in [9.17, 15) is 0 Å². The van der Waals surface area contributed by atoms with Gasteiger partial charge in [-0.25, -0.2) is 9.97 Å². The summed E-state index contributed by atoms with van der Waals surface area (Å²) in [6.07, 6.45) is 1.88. The van der Waals surface area contributed by atoms with E-state index in [4.69, 9.17) is 0 Å². The van der Waals surface area contributed by atoms with E-state index in [0.717, 1.165) is 23.9 Å². The van der Waals surface area contributed by atoms with E-state index >= 15 is 0 Å². The fourth-order valence-electron chi connectivity index (χ4n) is 3.51. The molecule has 1 unspecified atom stereocenters. The molecule has 1 aliphatic rings. The lowest BCUT2D eigenvalue weighted by Gasteiger charge is -2.43. The van der Waals surface area contributed by atoms with Gasteiger partial charge < -0.3 is 4.90 Å². The quantitative estimate of drug-likeness (QED) is 0.634. The highest BCUT2D eigenvalue weighted by molar-refractivity contribution is 7.99. The first-order chi connectivity index (χ1) is 12.8. The Kier molecular flexibility index (Phi) is 4.91. The molecule has 2 aromatic carbocycles. The summed E-state index contributed by atoms with van der Waals surface area (Å²) in [5, 5.41) is 1.04. The van der Waals surface area contributed by atoms with Crippen LogP contribution in [0.25, 0.3) is 0 Å². The van der Waals surface area contributed by atoms with Gasteiger partial charge in [-0.15, -0.1) is 0 Å². The summed E-state index contributed by atoms with van der Waals surface area (Å²) >= 11 is 1.71. The number of fused-ring (bicyclic) bond motifs is 1. The highest BCUT2D eigenvalue weighted by Gasteiger charge is 2.33. The maximum atomic E-state index is 4.62. The zero-order chi connectivity index (χ0) is 17.9. The van der Waals surface area contributed by atoms with Gasteiger partial charge in [0.2, 0.25) is 0 Å². The lowest BCUT2D eigenvalue weighted by Crippen LogP contribution is -2.44. The van der Waals surface area contributed by atoms with E-state index < -0.39 is 0 Å². The second-order valence-corrected chi connectivity index (χ2v) is 7.42. The maximum absolute atomic E-state index is 4.62. The summed E-state index contributed by atoms with van der Waals surface area (Å²) in [4.78, 5) is 15.1. The molecule has 0 saturated carbocycles. The van der Waals surface area contributed by atoms with Crippen LogP contribution in [-0.4, -0.2) is 28.5 Å². The van der Waals surface area contributed by atoms with Gasteiger partial charge in [0.05, 0.1) is 0 Å². The highest BCUT2D eigenvalue weighted by Crippen LogP contribution is 2.40. The molecule has 0 saturated heterocycles. The highest BCUT2D eigenvalue weighted by atomic mass is 32.2. The van der Waals surface area contributed by atoms with Crippen molar-refractivity contribution in [2.24, 2.45) is 0 Å². The molecule has 2 heterocycles. The van der Waals surface area contributed by atoms with Gasteiger partial charge in [-0.3, -0.25) is 4.90 Å². The Bertz CT molecular complexity index is 870. The van der Waals surface area contributed by atoms with E-state index in [1.165, 1.54) is 16.0 Å². The lowest BCUT2D eigenvalue weighted by atomic mass is 10.1. The molecule has 3 aromatic rings. The van der Waals surface area contributed by atoms with Gasteiger partial charge in [-0.2, -0.15) is 0 Å². The molecule has 4 rings (SSSR count). The van der Waals surface area contributed by atoms with Crippen LogP contribution in [0, 0.1) is 0 Å². The van der Waals surface area contributed by atoms with Gasteiger partial charge in [0.1, 0.15) is 23.3 Å². The summed E-state index contributed by atoms with van der Waals surface area (Å²) in [6.45, 7) is 4.03. The summed E-state index contributed by atoms with van der Waals surface area (Å²) in [6, 6.07) is 21.0. The third-order valence-electron chi connectivity index (χ3n) is 4.75. The summed E-state index contributed by atoms with van der Waals surface area (Å²) in [5.74, 6) is 1.02. The average molecular weight is 363 g/mol. The lowest BCUT2D eigenvalue weighted by molar-refractivity contribution is 0.181. The number of aromatic nitrogens is 2. The van der Waals surface area contributed by atoms with Gasteiger partial charge >= 0.3 is 0 Å². The Morgan fingerprint density at radius 2 is 1.69 bits per heavy atom. The van der Waals surface area contributed by atoms with Crippen molar-refractivity contribution in [3.63, 3.8) is 0 Å². The van der Waals surface area contributed by atoms with Crippen LogP contribution < -0.4 is 4.90 Å². The molecule has 1 aliphatic heterocycles. The maximum Gasteiger partial charge on any atom is 0.138 e. The van der Waals surface area contributed by atoms with Gasteiger partial charge in [-0.1, -0.05) is 67.2 Å². The Morgan fingerprint density at radius 1 is 1.00 bits per heavy atom. The van der Waals surface area contributed by atoms with Crippen LogP contribution in [-0.2, 0) is 6.54 Å². The van der Waals surface area contributed by atoms with Crippen molar-refractivity contribution in [1.82, 2.24) is 14.9 Å². The predicted octanol–water partition coefficient (Wildman–Crippen LogP) is 4.60. The molecule has 1 atom stereocenters. The molecule has 1 aromatic heterocycles. The Labute approximate surface area is 158 Å². The van der Waals surface area contributed by atoms with E-state index in [1.807, 2.05) is 6.07 Å². The van der Waals surface area contributed by atoms with Gasteiger partial charge in [0.15, 0.2) is 0 Å². The Balaban J connectivity index is 1.73. The molecular formula is C21H22N4S. The second kappa shape index (κ2) is 7.48. The minimum Gasteiger partial charge on any atom is -0.339 e. The molecule has 0 aliphatic carbocycles. The van der Waals surface area contributed by atoms with Crippen molar-refractivity contribution in [2.45, 2.75) is 29.6 Å². The van der Waals surface area contributed by atoms with Crippen molar-refractivity contribution in [3.05, 3.63) is 78.1 Å². The number of hydrogen-bond donors (Lipinski definition) is 0. The van der Waals surface area contributed by atoms with Crippen molar-refractivity contribution in [1.29, 1.82) is 0 Å².